The summed E-state index contributed by atoms with van der Waals surface area (Å²) in [5.74, 6) is 1.01. The molecule has 1 fully saturated rings. The number of hydrogen-bond acceptors (Lipinski definition) is 3. The van der Waals surface area contributed by atoms with Crippen molar-refractivity contribution < 1.29 is 14.3 Å². The van der Waals surface area contributed by atoms with Crippen LogP contribution in [0, 0.1) is 5.92 Å². The highest BCUT2D eigenvalue weighted by Gasteiger charge is 2.28. The first-order valence-electron chi connectivity index (χ1n) is 10.0. The first kappa shape index (κ1) is 20.7. The lowest BCUT2D eigenvalue weighted by Crippen LogP contribution is -2.46. The van der Waals surface area contributed by atoms with Crippen LogP contribution in [0.15, 0.2) is 54.6 Å². The molecule has 3 rings (SSSR count). The van der Waals surface area contributed by atoms with Crippen molar-refractivity contribution in [1.29, 1.82) is 0 Å². The molecule has 154 valence electrons. The fourth-order valence-corrected chi connectivity index (χ4v) is 3.50. The van der Waals surface area contributed by atoms with Crippen molar-refractivity contribution in [1.82, 2.24) is 15.1 Å². The Morgan fingerprint density at radius 3 is 2.41 bits per heavy atom. The molecule has 0 unspecified atom stereocenters. The first-order valence-corrected chi connectivity index (χ1v) is 10.0. The van der Waals surface area contributed by atoms with Crippen molar-refractivity contribution in [2.24, 2.45) is 5.92 Å². The van der Waals surface area contributed by atoms with Crippen LogP contribution in [0.3, 0.4) is 0 Å². The molecule has 1 aliphatic rings. The third-order valence-electron chi connectivity index (χ3n) is 5.16. The number of nitrogens with one attached hydrogen (secondary N) is 1. The van der Waals surface area contributed by atoms with E-state index in [1.165, 1.54) is 0 Å². The second-order valence-electron chi connectivity index (χ2n) is 7.57. The molecule has 1 aliphatic heterocycles. The van der Waals surface area contributed by atoms with Crippen molar-refractivity contribution in [3.8, 4) is 5.75 Å². The van der Waals surface area contributed by atoms with Crippen LogP contribution in [-0.4, -0.2) is 48.9 Å². The van der Waals surface area contributed by atoms with E-state index in [0.717, 1.165) is 29.7 Å². The largest absolute Gasteiger partial charge is 0.489 e. The van der Waals surface area contributed by atoms with Crippen LogP contribution in [0.5, 0.6) is 5.75 Å². The van der Waals surface area contributed by atoms with E-state index in [2.05, 4.69) is 5.32 Å². The summed E-state index contributed by atoms with van der Waals surface area (Å²) in [6.07, 6.45) is 1.44. The standard InChI is InChI=1S/C23H29N3O3/c1-25(2)22(27)20-11-13-26(14-12-20)23(28)24-16-18-7-6-8-19(15-18)17-29-21-9-4-3-5-10-21/h3-10,15,20H,11-14,16-17H2,1-2H3,(H,24,28). The van der Waals surface area contributed by atoms with E-state index in [0.29, 0.717) is 26.2 Å². The Balaban J connectivity index is 1.45. The minimum absolute atomic E-state index is 0.0235. The van der Waals surface area contributed by atoms with Crippen LogP contribution in [0.25, 0.3) is 0 Å². The van der Waals surface area contributed by atoms with Crippen LogP contribution in [0.4, 0.5) is 4.79 Å². The van der Waals surface area contributed by atoms with Gasteiger partial charge in [-0.05, 0) is 36.1 Å². The molecule has 2 aromatic rings. The molecular formula is C23H29N3O3. The van der Waals surface area contributed by atoms with E-state index >= 15 is 0 Å². The van der Waals surface area contributed by atoms with Crippen molar-refractivity contribution >= 4 is 11.9 Å². The molecule has 0 aliphatic carbocycles. The first-order chi connectivity index (χ1) is 14.0. The van der Waals surface area contributed by atoms with E-state index in [-0.39, 0.29) is 17.9 Å². The van der Waals surface area contributed by atoms with Gasteiger partial charge in [-0.3, -0.25) is 4.79 Å². The highest BCUT2D eigenvalue weighted by Crippen LogP contribution is 2.19. The second kappa shape index (κ2) is 9.96. The fourth-order valence-electron chi connectivity index (χ4n) is 3.50. The van der Waals surface area contributed by atoms with Gasteiger partial charge < -0.3 is 19.9 Å². The summed E-state index contributed by atoms with van der Waals surface area (Å²) in [5.41, 5.74) is 2.09. The van der Waals surface area contributed by atoms with Crippen LogP contribution >= 0.6 is 0 Å². The predicted molar refractivity (Wildman–Crippen MR) is 112 cm³/mol. The number of nitrogens with zero attached hydrogens (tertiary/aromatic N) is 2. The number of carbonyl (C=O) groups is 2. The number of rotatable bonds is 6. The molecule has 0 aromatic heterocycles. The van der Waals surface area contributed by atoms with E-state index in [4.69, 9.17) is 4.74 Å². The van der Waals surface area contributed by atoms with Crippen molar-refractivity contribution in [3.05, 3.63) is 65.7 Å². The smallest absolute Gasteiger partial charge is 0.317 e. The van der Waals surface area contributed by atoms with E-state index < -0.39 is 0 Å². The summed E-state index contributed by atoms with van der Waals surface area (Å²) in [6.45, 7) is 2.18. The Labute approximate surface area is 172 Å². The Kier molecular flexibility index (Phi) is 7.11. The molecule has 6 nitrogen and oxygen atoms in total. The molecule has 6 heteroatoms. The highest BCUT2D eigenvalue weighted by molar-refractivity contribution is 5.79. The van der Waals surface area contributed by atoms with Gasteiger partial charge in [-0.15, -0.1) is 0 Å². The van der Waals surface area contributed by atoms with Gasteiger partial charge in [0.2, 0.25) is 5.91 Å². The number of likely N-dealkylation sites (tertiary alicyclic amines) is 1. The topological polar surface area (TPSA) is 61.9 Å². The summed E-state index contributed by atoms with van der Waals surface area (Å²) in [4.78, 5) is 28.0. The van der Waals surface area contributed by atoms with Gasteiger partial charge in [-0.25, -0.2) is 4.79 Å². The van der Waals surface area contributed by atoms with E-state index in [1.54, 1.807) is 23.9 Å². The minimum atomic E-state index is -0.0771. The summed E-state index contributed by atoms with van der Waals surface area (Å²) < 4.78 is 5.79. The van der Waals surface area contributed by atoms with Crippen molar-refractivity contribution in [2.75, 3.05) is 27.2 Å². The Bertz CT molecular complexity index is 815. The number of hydrogen-bond donors (Lipinski definition) is 1. The molecule has 1 saturated heterocycles. The average molecular weight is 396 g/mol. The maximum Gasteiger partial charge on any atom is 0.317 e. The van der Waals surface area contributed by atoms with Crippen LogP contribution in [0.2, 0.25) is 0 Å². The van der Waals surface area contributed by atoms with Gasteiger partial charge in [0.05, 0.1) is 0 Å². The van der Waals surface area contributed by atoms with Crippen molar-refractivity contribution in [3.63, 3.8) is 0 Å². The summed E-state index contributed by atoms with van der Waals surface area (Å²) in [5, 5.41) is 2.99. The maximum atomic E-state index is 12.5. The highest BCUT2D eigenvalue weighted by atomic mass is 16.5. The molecule has 3 amide bonds. The van der Waals surface area contributed by atoms with E-state index in [9.17, 15) is 9.59 Å². The predicted octanol–water partition coefficient (Wildman–Crippen LogP) is 3.28. The normalized spacial score (nSPS) is 14.3. The number of para-hydroxylation sites is 1. The fraction of sp³-hybridized carbons (Fsp3) is 0.391. The van der Waals surface area contributed by atoms with Gasteiger partial charge >= 0.3 is 6.03 Å². The molecule has 0 saturated carbocycles. The molecule has 0 radical (unpaired) electrons. The molecule has 29 heavy (non-hydrogen) atoms. The molecule has 0 spiro atoms. The number of piperidine rings is 1. The van der Waals surface area contributed by atoms with Gasteiger partial charge in [0.1, 0.15) is 12.4 Å². The lowest BCUT2D eigenvalue weighted by molar-refractivity contribution is -0.134. The zero-order chi connectivity index (χ0) is 20.6. The van der Waals surface area contributed by atoms with Gasteiger partial charge in [-0.2, -0.15) is 0 Å². The Morgan fingerprint density at radius 2 is 1.72 bits per heavy atom. The summed E-state index contributed by atoms with van der Waals surface area (Å²) >= 11 is 0. The molecule has 2 aromatic carbocycles. The molecule has 0 bridgehead atoms. The van der Waals surface area contributed by atoms with Gasteiger partial charge in [0, 0.05) is 39.6 Å². The van der Waals surface area contributed by atoms with Gasteiger partial charge in [-0.1, -0.05) is 42.5 Å². The average Bonchev–Trinajstić information content (AvgIpc) is 2.76. The quantitative estimate of drug-likeness (QED) is 0.817. The van der Waals surface area contributed by atoms with E-state index in [1.807, 2.05) is 54.6 Å². The molecule has 0 atom stereocenters. The van der Waals surface area contributed by atoms with Gasteiger partial charge in [0.15, 0.2) is 0 Å². The zero-order valence-electron chi connectivity index (χ0n) is 17.1. The van der Waals surface area contributed by atoms with Crippen LogP contribution in [0.1, 0.15) is 24.0 Å². The number of carbonyl (C=O) groups excluding carboxylic acids is 2. The Morgan fingerprint density at radius 1 is 1.03 bits per heavy atom. The SMILES string of the molecule is CN(C)C(=O)C1CCN(C(=O)NCc2cccc(COc3ccccc3)c2)CC1. The van der Waals surface area contributed by atoms with Crippen LogP contribution in [-0.2, 0) is 17.9 Å². The molecule has 1 heterocycles. The van der Waals surface area contributed by atoms with Gasteiger partial charge in [0.25, 0.3) is 0 Å². The third-order valence-corrected chi connectivity index (χ3v) is 5.16. The van der Waals surface area contributed by atoms with Crippen LogP contribution < -0.4 is 10.1 Å². The lowest BCUT2D eigenvalue weighted by atomic mass is 9.96. The monoisotopic (exact) mass is 395 g/mol. The number of amides is 3. The number of urea groups is 1. The maximum absolute atomic E-state index is 12.5. The number of benzene rings is 2. The zero-order valence-corrected chi connectivity index (χ0v) is 17.1. The van der Waals surface area contributed by atoms with Crippen molar-refractivity contribution in [2.45, 2.75) is 26.0 Å². The Hall–Kier alpha value is -3.02. The molecule has 1 N–H and O–H groups in total. The summed E-state index contributed by atoms with van der Waals surface area (Å²) in [6, 6.07) is 17.7. The number of ether oxygens (including phenoxy) is 1. The lowest BCUT2D eigenvalue weighted by Gasteiger charge is -2.32. The summed E-state index contributed by atoms with van der Waals surface area (Å²) in [7, 11) is 3.56. The second-order valence-corrected chi connectivity index (χ2v) is 7.57. The minimum Gasteiger partial charge on any atom is -0.489 e. The third kappa shape index (κ3) is 5.98. The molecular weight excluding hydrogens is 366 g/mol.